The monoisotopic (exact) mass is 639 g/mol. The zero-order valence-corrected chi connectivity index (χ0v) is 28.4. The van der Waals surface area contributed by atoms with E-state index in [9.17, 15) is 9.59 Å². The van der Waals surface area contributed by atoms with Gasteiger partial charge in [-0.15, -0.1) is 10.2 Å². The second kappa shape index (κ2) is 12.6. The molecule has 4 aromatic rings. The fourth-order valence-electron chi connectivity index (χ4n) is 6.42. The zero-order chi connectivity index (χ0) is 33.5. The van der Waals surface area contributed by atoms with Gasteiger partial charge in [-0.3, -0.25) is 19.4 Å². The number of nitrogens with one attached hydrogen (secondary N) is 2. The van der Waals surface area contributed by atoms with Crippen molar-refractivity contribution in [3.8, 4) is 5.75 Å². The number of urea groups is 1. The summed E-state index contributed by atoms with van der Waals surface area (Å²) in [5.74, 6) is 1.73. The number of hydrogen-bond acceptors (Lipinski definition) is 9. The Kier molecular flexibility index (Phi) is 8.75. The molecule has 2 amide bonds. The molecule has 12 nitrogen and oxygen atoms in total. The Morgan fingerprint density at radius 1 is 0.915 bits per heavy atom. The highest BCUT2D eigenvalue weighted by atomic mass is 16.5. The van der Waals surface area contributed by atoms with Gasteiger partial charge in [0.25, 0.3) is 0 Å². The Morgan fingerprint density at radius 3 is 2.34 bits per heavy atom. The minimum absolute atomic E-state index is 0.0791. The highest BCUT2D eigenvalue weighted by Crippen LogP contribution is 2.39. The van der Waals surface area contributed by atoms with Crippen molar-refractivity contribution < 1.29 is 14.3 Å². The first-order valence-electron chi connectivity index (χ1n) is 16.3. The molecule has 12 heteroatoms. The summed E-state index contributed by atoms with van der Waals surface area (Å²) in [6.07, 6.45) is 3.19. The fourth-order valence-corrected chi connectivity index (χ4v) is 6.42. The fraction of sp³-hybridized carbons (Fsp3) is 0.486. The standard InChI is InChI=1S/C35H45N9O3/c1-22(45)31-37-28(34(2,3)4)20-29(38-31)39-33(46)36-26-13-14-27(25-11-9-8-10-24(25)26)47-23-12-15-30-40-41-32(44(30)21-23)35(5,6)43-18-16-42(7)17-19-43/h8-12,15,20-21,26-27H,13-14,16-19H2,1-7H3,(H2,36,37,38,39,46)/t26-,27+/m0/s1. The number of ketones is 1. The van der Waals surface area contributed by atoms with Crippen molar-refractivity contribution in [3.05, 3.63) is 77.1 Å². The van der Waals surface area contributed by atoms with Gasteiger partial charge in [-0.05, 0) is 57.0 Å². The summed E-state index contributed by atoms with van der Waals surface area (Å²) in [4.78, 5) is 38.8. The summed E-state index contributed by atoms with van der Waals surface area (Å²) in [7, 11) is 2.16. The van der Waals surface area contributed by atoms with Gasteiger partial charge >= 0.3 is 6.03 Å². The largest absolute Gasteiger partial charge is 0.484 e. The molecule has 0 bridgehead atoms. The third-order valence-corrected chi connectivity index (χ3v) is 9.29. The minimum Gasteiger partial charge on any atom is -0.484 e. The molecule has 1 aliphatic heterocycles. The molecule has 3 aromatic heterocycles. The van der Waals surface area contributed by atoms with Crippen LogP contribution in [0.4, 0.5) is 10.6 Å². The number of amides is 2. The highest BCUT2D eigenvalue weighted by Gasteiger charge is 2.35. The molecular weight excluding hydrogens is 594 g/mol. The second-order valence-corrected chi connectivity index (χ2v) is 14.2. The summed E-state index contributed by atoms with van der Waals surface area (Å²) in [5, 5.41) is 15.0. The van der Waals surface area contributed by atoms with Gasteiger partial charge in [0, 0.05) is 44.6 Å². The van der Waals surface area contributed by atoms with Crippen LogP contribution in [0.3, 0.4) is 0 Å². The number of rotatable bonds is 7. The Bertz CT molecular complexity index is 1790. The van der Waals surface area contributed by atoms with Gasteiger partial charge in [0.1, 0.15) is 17.7 Å². The number of ether oxygens (including phenoxy) is 1. The molecule has 2 atom stereocenters. The predicted molar refractivity (Wildman–Crippen MR) is 180 cm³/mol. The molecule has 0 radical (unpaired) electrons. The van der Waals surface area contributed by atoms with Gasteiger partial charge in [0.15, 0.2) is 23.1 Å². The highest BCUT2D eigenvalue weighted by molar-refractivity contribution is 5.92. The molecule has 0 unspecified atom stereocenters. The molecule has 6 rings (SSSR count). The van der Waals surface area contributed by atoms with Gasteiger partial charge in [-0.2, -0.15) is 0 Å². The average Bonchev–Trinajstić information content (AvgIpc) is 3.46. The maximum Gasteiger partial charge on any atom is 0.320 e. The van der Waals surface area contributed by atoms with Crippen molar-refractivity contribution in [1.29, 1.82) is 0 Å². The van der Waals surface area contributed by atoms with E-state index in [0.717, 1.165) is 54.5 Å². The molecule has 4 heterocycles. The van der Waals surface area contributed by atoms with Crippen LogP contribution in [-0.4, -0.2) is 79.4 Å². The maximum atomic E-state index is 13.2. The Balaban J connectivity index is 1.18. The van der Waals surface area contributed by atoms with E-state index in [1.165, 1.54) is 6.92 Å². The molecule has 1 aromatic carbocycles. The van der Waals surface area contributed by atoms with Crippen LogP contribution in [0.15, 0.2) is 48.7 Å². The summed E-state index contributed by atoms with van der Waals surface area (Å²) >= 11 is 0. The molecule has 0 spiro atoms. The van der Waals surface area contributed by atoms with Crippen molar-refractivity contribution in [2.75, 3.05) is 38.5 Å². The van der Waals surface area contributed by atoms with Crippen molar-refractivity contribution in [3.63, 3.8) is 0 Å². The first-order valence-corrected chi connectivity index (χ1v) is 16.3. The molecule has 0 saturated carbocycles. The number of hydrogen-bond donors (Lipinski definition) is 2. The number of fused-ring (bicyclic) bond motifs is 2. The SMILES string of the molecule is CC(=O)c1nc(NC(=O)N[C@H]2CC[C@@H](Oc3ccc4nnc(C(C)(C)N5CCN(C)CC5)n4c3)c3ccccc32)cc(C(C)(C)C)n1. The summed E-state index contributed by atoms with van der Waals surface area (Å²) < 4.78 is 8.69. The quantitative estimate of drug-likeness (QED) is 0.260. The average molecular weight is 640 g/mol. The topological polar surface area (TPSA) is 130 Å². The van der Waals surface area contributed by atoms with E-state index >= 15 is 0 Å². The van der Waals surface area contributed by atoms with E-state index in [1.54, 1.807) is 6.07 Å². The molecule has 248 valence electrons. The molecule has 2 N–H and O–H groups in total. The predicted octanol–water partition coefficient (Wildman–Crippen LogP) is 5.28. The summed E-state index contributed by atoms with van der Waals surface area (Å²) in [5.41, 5.74) is 2.87. The molecule has 1 aliphatic carbocycles. The number of nitrogens with zero attached hydrogens (tertiary/aromatic N) is 7. The van der Waals surface area contributed by atoms with Crippen LogP contribution >= 0.6 is 0 Å². The minimum atomic E-state index is -0.397. The van der Waals surface area contributed by atoms with E-state index in [0.29, 0.717) is 18.5 Å². The van der Waals surface area contributed by atoms with Crippen LogP contribution in [-0.2, 0) is 11.0 Å². The van der Waals surface area contributed by atoms with E-state index < -0.39 is 6.03 Å². The number of anilines is 1. The number of carbonyl (C=O) groups is 2. The van der Waals surface area contributed by atoms with E-state index in [1.807, 2.05) is 61.7 Å². The van der Waals surface area contributed by atoms with E-state index in [4.69, 9.17) is 4.74 Å². The number of likely N-dealkylation sites (N-methyl/N-ethyl adjacent to an activating group) is 1. The van der Waals surface area contributed by atoms with Crippen LogP contribution in [0.5, 0.6) is 5.75 Å². The Morgan fingerprint density at radius 2 is 1.64 bits per heavy atom. The number of Topliss-reactive ketones (excluding diaryl/α,β-unsaturated/α-hetero) is 1. The first kappa shape index (κ1) is 32.5. The van der Waals surface area contributed by atoms with Crippen LogP contribution in [0.25, 0.3) is 5.65 Å². The van der Waals surface area contributed by atoms with Gasteiger partial charge < -0.3 is 15.0 Å². The Labute approximate surface area is 275 Å². The third-order valence-electron chi connectivity index (χ3n) is 9.29. The van der Waals surface area contributed by atoms with Crippen LogP contribution in [0.2, 0.25) is 0 Å². The van der Waals surface area contributed by atoms with Gasteiger partial charge in [-0.25, -0.2) is 14.8 Å². The van der Waals surface area contributed by atoms with Crippen molar-refractivity contribution >= 4 is 23.3 Å². The lowest BCUT2D eigenvalue weighted by molar-refractivity contribution is 0.0544. The number of carbonyl (C=O) groups excluding carboxylic acids is 2. The van der Waals surface area contributed by atoms with Crippen LogP contribution in [0.1, 0.15) is 99.8 Å². The first-order chi connectivity index (χ1) is 22.3. The summed E-state index contributed by atoms with van der Waals surface area (Å²) in [6.45, 7) is 15.8. The van der Waals surface area contributed by atoms with E-state index in [-0.39, 0.29) is 40.5 Å². The molecule has 47 heavy (non-hydrogen) atoms. The number of aromatic nitrogens is 5. The molecule has 1 fully saturated rings. The number of piperazine rings is 1. The lowest BCUT2D eigenvalue weighted by atomic mass is 9.85. The van der Waals surface area contributed by atoms with Gasteiger partial charge in [-0.1, -0.05) is 45.0 Å². The summed E-state index contributed by atoms with van der Waals surface area (Å²) in [6, 6.07) is 13.1. The lowest BCUT2D eigenvalue weighted by Gasteiger charge is -2.42. The molecular formula is C35H45N9O3. The Hall–Kier alpha value is -4.42. The van der Waals surface area contributed by atoms with Crippen LogP contribution < -0.4 is 15.4 Å². The maximum absolute atomic E-state index is 13.2. The van der Waals surface area contributed by atoms with Gasteiger partial charge in [0.05, 0.1) is 23.5 Å². The van der Waals surface area contributed by atoms with E-state index in [2.05, 4.69) is 67.6 Å². The third kappa shape index (κ3) is 6.84. The second-order valence-electron chi connectivity index (χ2n) is 14.2. The number of benzene rings is 1. The van der Waals surface area contributed by atoms with Crippen LogP contribution in [0, 0.1) is 0 Å². The van der Waals surface area contributed by atoms with Crippen molar-refractivity contribution in [2.24, 2.45) is 0 Å². The lowest BCUT2D eigenvalue weighted by Crippen LogP contribution is -2.52. The van der Waals surface area contributed by atoms with Crippen molar-refractivity contribution in [1.82, 2.24) is 39.7 Å². The number of pyridine rings is 1. The smallest absolute Gasteiger partial charge is 0.320 e. The zero-order valence-electron chi connectivity index (χ0n) is 28.4. The molecule has 1 saturated heterocycles. The molecule has 2 aliphatic rings. The van der Waals surface area contributed by atoms with Gasteiger partial charge in [0.2, 0.25) is 0 Å². The normalized spacial score (nSPS) is 19.3. The van der Waals surface area contributed by atoms with Crippen molar-refractivity contribution in [2.45, 2.75) is 77.5 Å².